The Hall–Kier alpha value is 0.100. The molecule has 1 aliphatic rings. The summed E-state index contributed by atoms with van der Waals surface area (Å²) >= 11 is 0. The lowest BCUT2D eigenvalue weighted by Crippen LogP contribution is -2.13. The Kier molecular flexibility index (Phi) is 3.51. The summed E-state index contributed by atoms with van der Waals surface area (Å²) in [6.07, 6.45) is -5.76. The van der Waals surface area contributed by atoms with Crippen LogP contribution in [0, 0.1) is 0 Å². The van der Waals surface area contributed by atoms with Crippen molar-refractivity contribution >= 4 is 8.60 Å². The zero-order chi connectivity index (χ0) is 8.27. The summed E-state index contributed by atoms with van der Waals surface area (Å²) in [7, 11) is -1.87. The molecule has 1 fully saturated rings. The van der Waals surface area contributed by atoms with Gasteiger partial charge in [-0.25, -0.2) is 13.2 Å². The van der Waals surface area contributed by atoms with E-state index in [1.807, 2.05) is 0 Å². The monoisotopic (exact) mass is 190 g/mol. The van der Waals surface area contributed by atoms with E-state index in [0.29, 0.717) is 0 Å². The van der Waals surface area contributed by atoms with E-state index in [1.165, 1.54) is 0 Å². The van der Waals surface area contributed by atoms with Gasteiger partial charge < -0.3 is 9.05 Å². The molecule has 3 nitrogen and oxygen atoms in total. The number of alkyl halides is 3. The summed E-state index contributed by atoms with van der Waals surface area (Å²) in [5.74, 6) is 0. The van der Waals surface area contributed by atoms with Crippen LogP contribution in [0.4, 0.5) is 13.2 Å². The van der Waals surface area contributed by atoms with Gasteiger partial charge in [-0.15, -0.1) is 0 Å². The summed E-state index contributed by atoms with van der Waals surface area (Å²) < 4.78 is 48.3. The summed E-state index contributed by atoms with van der Waals surface area (Å²) in [6.45, 7) is 0.531. The summed E-state index contributed by atoms with van der Waals surface area (Å²) in [5, 5.41) is 0. The van der Waals surface area contributed by atoms with Gasteiger partial charge in [-0.2, -0.15) is 0 Å². The smallest absolute Gasteiger partial charge is 0.310 e. The molecule has 66 valence electrons. The molecule has 1 rings (SSSR count). The maximum absolute atomic E-state index is 12.1. The molecule has 0 spiro atoms. The lowest BCUT2D eigenvalue weighted by molar-refractivity contribution is -0.0717. The number of rotatable bonds is 3. The van der Waals surface area contributed by atoms with E-state index in [9.17, 15) is 13.2 Å². The molecule has 7 heteroatoms. The quantitative estimate of drug-likeness (QED) is 0.635. The second kappa shape index (κ2) is 4.21. The van der Waals surface area contributed by atoms with Crippen molar-refractivity contribution in [3.63, 3.8) is 0 Å². The van der Waals surface area contributed by atoms with Gasteiger partial charge in [-0.05, 0) is 0 Å². The summed E-state index contributed by atoms with van der Waals surface area (Å²) in [6, 6.07) is 0. The molecule has 0 aromatic carbocycles. The molecule has 1 atom stereocenters. The van der Waals surface area contributed by atoms with Crippen molar-refractivity contribution in [3.8, 4) is 0 Å². The highest BCUT2D eigenvalue weighted by molar-refractivity contribution is 7.41. The minimum Gasteiger partial charge on any atom is -0.310 e. The number of hydrogen-bond donors (Lipinski definition) is 0. The van der Waals surface area contributed by atoms with E-state index in [2.05, 4.69) is 13.6 Å². The molecule has 0 amide bonds. The Morgan fingerprint density at radius 2 is 1.73 bits per heavy atom. The Labute approximate surface area is 62.4 Å². The third-order valence-corrected chi connectivity index (χ3v) is 2.02. The van der Waals surface area contributed by atoms with Gasteiger partial charge in [-0.3, -0.25) is 4.52 Å². The fourth-order valence-corrected chi connectivity index (χ4v) is 1.35. The van der Waals surface area contributed by atoms with Gasteiger partial charge in [0.15, 0.2) is 0 Å². The van der Waals surface area contributed by atoms with E-state index in [-0.39, 0.29) is 13.2 Å². The Morgan fingerprint density at radius 3 is 2.18 bits per heavy atom. The zero-order valence-electron chi connectivity index (χ0n) is 5.37. The van der Waals surface area contributed by atoms with Crippen LogP contribution in [0.3, 0.4) is 0 Å². The Morgan fingerprint density at radius 1 is 1.18 bits per heavy atom. The molecule has 1 aliphatic heterocycles. The predicted molar refractivity (Wildman–Crippen MR) is 30.8 cm³/mol. The fourth-order valence-electron chi connectivity index (χ4n) is 0.450. The largest absolute Gasteiger partial charge is 0.335 e. The van der Waals surface area contributed by atoms with Gasteiger partial charge in [0.1, 0.15) is 0 Å². The highest BCUT2D eigenvalue weighted by Crippen LogP contribution is 2.45. The topological polar surface area (TPSA) is 27.7 Å². The predicted octanol–water partition coefficient (Wildman–Crippen LogP) is 1.84. The van der Waals surface area contributed by atoms with Crippen LogP contribution in [0.1, 0.15) is 0 Å². The maximum Gasteiger partial charge on any atom is 0.335 e. The van der Waals surface area contributed by atoms with Crippen LogP contribution < -0.4 is 0 Å². The van der Waals surface area contributed by atoms with Gasteiger partial charge >= 0.3 is 8.60 Å². The molecule has 1 unspecified atom stereocenters. The van der Waals surface area contributed by atoms with Crippen molar-refractivity contribution in [2.24, 2.45) is 0 Å². The average Bonchev–Trinajstić information content (AvgIpc) is 2.39. The molecule has 0 aromatic heterocycles. The molecule has 1 saturated heterocycles. The van der Waals surface area contributed by atoms with Crippen molar-refractivity contribution < 1.29 is 26.7 Å². The van der Waals surface area contributed by atoms with Crippen LogP contribution in [0.25, 0.3) is 0 Å². The molecule has 0 saturated carbocycles. The normalized spacial score (nSPS) is 22.9. The van der Waals surface area contributed by atoms with Crippen LogP contribution in [0.15, 0.2) is 0 Å². The van der Waals surface area contributed by atoms with E-state index in [0.717, 1.165) is 0 Å². The molecule has 0 N–H and O–H groups in total. The first-order valence-corrected chi connectivity index (χ1v) is 3.94. The first kappa shape index (κ1) is 9.19. The average molecular weight is 190 g/mol. The number of halogens is 3. The lowest BCUT2D eigenvalue weighted by Gasteiger charge is -2.10. The van der Waals surface area contributed by atoms with Crippen molar-refractivity contribution in [2.45, 2.75) is 12.8 Å². The zero-order valence-corrected chi connectivity index (χ0v) is 6.27. The van der Waals surface area contributed by atoms with Crippen molar-refractivity contribution in [1.82, 2.24) is 0 Å². The SMILES string of the molecule is FC(F)C(F)OP1OCCO1. The van der Waals surface area contributed by atoms with Crippen LogP contribution in [0.2, 0.25) is 0 Å². The minimum absolute atomic E-state index is 0.266. The third kappa shape index (κ3) is 2.91. The first-order valence-electron chi connectivity index (χ1n) is 2.85. The highest BCUT2D eigenvalue weighted by atomic mass is 31.2. The van der Waals surface area contributed by atoms with E-state index >= 15 is 0 Å². The van der Waals surface area contributed by atoms with Gasteiger partial charge in [0.05, 0.1) is 13.2 Å². The van der Waals surface area contributed by atoms with Gasteiger partial charge in [0, 0.05) is 0 Å². The second-order valence-electron chi connectivity index (χ2n) is 1.68. The van der Waals surface area contributed by atoms with E-state index < -0.39 is 21.4 Å². The van der Waals surface area contributed by atoms with Crippen LogP contribution >= 0.6 is 8.60 Å². The first-order chi connectivity index (χ1) is 5.20. The van der Waals surface area contributed by atoms with Gasteiger partial charge in [-0.1, -0.05) is 0 Å². The molecular formula is C4H6F3O3P. The van der Waals surface area contributed by atoms with Crippen molar-refractivity contribution in [1.29, 1.82) is 0 Å². The minimum atomic E-state index is -3.15. The Bertz CT molecular complexity index is 119. The van der Waals surface area contributed by atoms with E-state index in [4.69, 9.17) is 0 Å². The summed E-state index contributed by atoms with van der Waals surface area (Å²) in [4.78, 5) is 0. The molecule has 0 bridgehead atoms. The second-order valence-corrected chi connectivity index (χ2v) is 2.86. The highest BCUT2D eigenvalue weighted by Gasteiger charge is 2.29. The molecular weight excluding hydrogens is 184 g/mol. The van der Waals surface area contributed by atoms with Crippen LogP contribution in [-0.4, -0.2) is 26.0 Å². The van der Waals surface area contributed by atoms with Crippen molar-refractivity contribution in [2.75, 3.05) is 13.2 Å². The van der Waals surface area contributed by atoms with Crippen molar-refractivity contribution in [3.05, 3.63) is 0 Å². The molecule has 11 heavy (non-hydrogen) atoms. The third-order valence-electron chi connectivity index (χ3n) is 0.862. The molecule has 0 aliphatic carbocycles. The van der Waals surface area contributed by atoms with E-state index in [1.54, 1.807) is 0 Å². The summed E-state index contributed by atoms with van der Waals surface area (Å²) in [5.41, 5.74) is 0. The van der Waals surface area contributed by atoms with Crippen LogP contribution in [-0.2, 0) is 13.6 Å². The van der Waals surface area contributed by atoms with Gasteiger partial charge in [0.2, 0.25) is 0 Å². The number of hydrogen-bond acceptors (Lipinski definition) is 3. The molecule has 1 heterocycles. The lowest BCUT2D eigenvalue weighted by atomic mass is 10.7. The molecule has 0 aromatic rings. The Balaban J connectivity index is 2.18. The fraction of sp³-hybridized carbons (Fsp3) is 1.00. The maximum atomic E-state index is 12.1. The molecule has 0 radical (unpaired) electrons. The standard InChI is InChI=1S/C4H6F3O3P/c5-3(6)4(7)10-11-8-1-2-9-11/h3-4H,1-2H2. The van der Waals surface area contributed by atoms with Crippen LogP contribution in [0.5, 0.6) is 0 Å². The van der Waals surface area contributed by atoms with Gasteiger partial charge in [0.25, 0.3) is 12.8 Å².